The van der Waals surface area contributed by atoms with Gasteiger partial charge in [0.25, 0.3) is 8.32 Å². The summed E-state index contributed by atoms with van der Waals surface area (Å²) in [7, 11) is -2.74. The first-order valence-corrected chi connectivity index (χ1v) is 19.7. The normalized spacial score (nSPS) is 12.5. The van der Waals surface area contributed by atoms with E-state index in [4.69, 9.17) is 18.9 Å². The lowest BCUT2D eigenvalue weighted by Crippen LogP contribution is -2.66. The maximum atomic E-state index is 12.1. The minimum absolute atomic E-state index is 0.130. The van der Waals surface area contributed by atoms with E-state index in [1.54, 1.807) is 36.9 Å². The monoisotopic (exact) mass is 681 g/mol. The van der Waals surface area contributed by atoms with Crippen molar-refractivity contribution >= 4 is 47.8 Å². The van der Waals surface area contributed by atoms with E-state index in [1.807, 2.05) is 25.1 Å². The molecule has 1 unspecified atom stereocenters. The van der Waals surface area contributed by atoms with E-state index in [0.29, 0.717) is 19.0 Å². The number of thioether (sulfide) groups is 1. The number of rotatable bonds is 13. The van der Waals surface area contributed by atoms with E-state index < -0.39 is 14.4 Å². The van der Waals surface area contributed by atoms with Crippen LogP contribution in [0.25, 0.3) is 10.6 Å². The number of thiazole rings is 1. The first-order valence-electron chi connectivity index (χ1n) is 16.0. The third-order valence-electron chi connectivity index (χ3n) is 8.08. The molecule has 0 N–H and O–H groups in total. The van der Waals surface area contributed by atoms with E-state index in [1.165, 1.54) is 15.3 Å². The van der Waals surface area contributed by atoms with Gasteiger partial charge in [-0.3, -0.25) is 0 Å². The molecule has 5 rings (SSSR count). The largest absolute Gasteiger partial charge is 0.479 e. The van der Waals surface area contributed by atoms with Crippen LogP contribution in [0.2, 0.25) is 5.04 Å². The Morgan fingerprint density at radius 3 is 2.04 bits per heavy atom. The fourth-order valence-corrected chi connectivity index (χ4v) is 12.4. The first-order chi connectivity index (χ1) is 22.6. The van der Waals surface area contributed by atoms with Crippen molar-refractivity contribution in [2.24, 2.45) is 0 Å². The molecule has 8 heteroatoms. The van der Waals surface area contributed by atoms with Crippen LogP contribution in [0, 0.1) is 6.92 Å². The molecule has 1 aromatic heterocycles. The Labute approximate surface area is 288 Å². The van der Waals surface area contributed by atoms with Gasteiger partial charge in [-0.1, -0.05) is 112 Å². The number of esters is 1. The Balaban J connectivity index is 1.44. The number of ether oxygens (including phenoxy) is 2. The molecule has 0 spiro atoms. The summed E-state index contributed by atoms with van der Waals surface area (Å²) in [5.74, 6) is 1.07. The van der Waals surface area contributed by atoms with Crippen LogP contribution in [-0.2, 0) is 26.3 Å². The zero-order valence-corrected chi connectivity index (χ0v) is 30.6. The third kappa shape index (κ3) is 8.07. The van der Waals surface area contributed by atoms with Crippen LogP contribution in [0.4, 0.5) is 0 Å². The van der Waals surface area contributed by atoms with E-state index >= 15 is 0 Å². The molecular weight excluding hydrogens is 639 g/mol. The average molecular weight is 682 g/mol. The summed E-state index contributed by atoms with van der Waals surface area (Å²) >= 11 is 3.50. The molecule has 0 radical (unpaired) electrons. The molecule has 0 saturated heterocycles. The van der Waals surface area contributed by atoms with E-state index in [-0.39, 0.29) is 11.0 Å². The quantitative estimate of drug-likeness (QED) is 0.0704. The lowest BCUT2D eigenvalue weighted by molar-refractivity contribution is -0.150. The molecule has 0 saturated carbocycles. The van der Waals surface area contributed by atoms with E-state index in [0.717, 1.165) is 32.5 Å². The summed E-state index contributed by atoms with van der Waals surface area (Å²) in [6.45, 7) is 13.2. The van der Waals surface area contributed by atoms with Crippen LogP contribution in [0.5, 0.6) is 5.75 Å². The van der Waals surface area contributed by atoms with Gasteiger partial charge < -0.3 is 13.9 Å². The van der Waals surface area contributed by atoms with Crippen molar-refractivity contribution in [3.63, 3.8) is 0 Å². The Bertz CT molecular complexity index is 1720. The summed E-state index contributed by atoms with van der Waals surface area (Å²) in [6, 6.07) is 37.9. The number of carbonyl (C=O) groups excluding carboxylic acids is 1. The highest BCUT2D eigenvalue weighted by Gasteiger charge is 2.50. The number of aromatic nitrogens is 1. The maximum absolute atomic E-state index is 12.1. The number of nitrogens with zero attached hydrogens (tertiary/aromatic N) is 1. The second kappa shape index (κ2) is 15.5. The number of hydrogen-bond acceptors (Lipinski definition) is 7. The molecule has 0 aliphatic heterocycles. The van der Waals surface area contributed by atoms with Crippen LogP contribution in [-0.4, -0.2) is 32.0 Å². The third-order valence-corrected chi connectivity index (χ3v) is 15.4. The van der Waals surface area contributed by atoms with Crippen LogP contribution in [0.1, 0.15) is 50.8 Å². The fraction of sp³-hybridized carbons (Fsp3) is 0.282. The fourth-order valence-electron chi connectivity index (χ4n) is 5.74. The van der Waals surface area contributed by atoms with Gasteiger partial charge in [0.05, 0.1) is 18.9 Å². The SMILES string of the molecule is CCOC(=O)C(C)Oc1ccc(SCc2sc(-c3ccccc3)nc2CO[Si](c2ccccc2)(c2ccccc2)C(C)(C)C)cc1C. The van der Waals surface area contributed by atoms with Crippen LogP contribution in [0.15, 0.2) is 114 Å². The second-order valence-electron chi connectivity index (χ2n) is 12.4. The highest BCUT2D eigenvalue weighted by Crippen LogP contribution is 2.39. The Morgan fingerprint density at radius 1 is 0.894 bits per heavy atom. The van der Waals surface area contributed by atoms with Crippen LogP contribution < -0.4 is 15.1 Å². The smallest absolute Gasteiger partial charge is 0.347 e. The molecular formula is C39H43NO4S2Si. The molecule has 244 valence electrons. The Hall–Kier alpha value is -3.69. The molecule has 0 fully saturated rings. The van der Waals surface area contributed by atoms with Crippen molar-refractivity contribution in [1.29, 1.82) is 0 Å². The number of benzene rings is 4. The number of hydrogen-bond donors (Lipinski definition) is 0. The van der Waals surface area contributed by atoms with Crippen molar-refractivity contribution in [2.45, 2.75) is 69.9 Å². The zero-order valence-electron chi connectivity index (χ0n) is 28.0. The standard InChI is InChI=1S/C39H43NO4S2Si/c1-7-42-38(41)29(3)44-35-24-23-31(25-28(35)2)45-27-36-34(40-37(46-36)30-17-11-8-12-18-30)26-43-47(39(4,5)6,32-19-13-9-14-20-32)33-21-15-10-16-22-33/h8-25,29H,7,26-27H2,1-6H3. The lowest BCUT2D eigenvalue weighted by Gasteiger charge is -2.43. The summed E-state index contributed by atoms with van der Waals surface area (Å²) < 4.78 is 18.3. The van der Waals surface area contributed by atoms with Crippen LogP contribution >= 0.6 is 23.1 Å². The molecule has 5 nitrogen and oxygen atoms in total. The number of carbonyl (C=O) groups is 1. The highest BCUT2D eigenvalue weighted by molar-refractivity contribution is 7.98. The summed E-state index contributed by atoms with van der Waals surface area (Å²) in [5, 5.41) is 3.37. The van der Waals surface area contributed by atoms with Crippen LogP contribution in [0.3, 0.4) is 0 Å². The average Bonchev–Trinajstić information content (AvgIpc) is 3.49. The van der Waals surface area contributed by atoms with E-state index in [9.17, 15) is 4.79 Å². The molecule has 0 amide bonds. The van der Waals surface area contributed by atoms with Gasteiger partial charge >= 0.3 is 5.97 Å². The summed E-state index contributed by atoms with van der Waals surface area (Å²) in [4.78, 5) is 19.6. The molecule has 0 bridgehead atoms. The van der Waals surface area contributed by atoms with Gasteiger partial charge in [0.15, 0.2) is 6.10 Å². The van der Waals surface area contributed by atoms with Gasteiger partial charge in [-0.05, 0) is 59.9 Å². The summed E-state index contributed by atoms with van der Waals surface area (Å²) in [5.41, 5.74) is 3.05. The predicted octanol–water partition coefficient (Wildman–Crippen LogP) is 8.82. The van der Waals surface area contributed by atoms with Crippen molar-refractivity contribution in [3.8, 4) is 16.3 Å². The molecule has 1 heterocycles. The molecule has 0 aliphatic rings. The minimum Gasteiger partial charge on any atom is -0.479 e. The molecule has 0 aliphatic carbocycles. The minimum atomic E-state index is -2.74. The van der Waals surface area contributed by atoms with Gasteiger partial charge in [-0.2, -0.15) is 0 Å². The molecule has 4 aromatic carbocycles. The second-order valence-corrected chi connectivity index (χ2v) is 18.9. The maximum Gasteiger partial charge on any atom is 0.347 e. The Morgan fingerprint density at radius 2 is 1.49 bits per heavy atom. The van der Waals surface area contributed by atoms with E-state index in [2.05, 4.69) is 112 Å². The predicted molar refractivity (Wildman–Crippen MR) is 197 cm³/mol. The van der Waals surface area contributed by atoms with Gasteiger partial charge in [-0.15, -0.1) is 23.1 Å². The highest BCUT2D eigenvalue weighted by atomic mass is 32.2. The topological polar surface area (TPSA) is 57.7 Å². The van der Waals surface area contributed by atoms with Gasteiger partial charge in [0, 0.05) is 21.1 Å². The molecule has 47 heavy (non-hydrogen) atoms. The van der Waals surface area contributed by atoms with Crippen molar-refractivity contribution in [1.82, 2.24) is 4.98 Å². The van der Waals surface area contributed by atoms with Gasteiger partial charge in [0.2, 0.25) is 0 Å². The Kier molecular flexibility index (Phi) is 11.4. The van der Waals surface area contributed by atoms with Crippen molar-refractivity contribution in [3.05, 3.63) is 125 Å². The summed E-state index contributed by atoms with van der Waals surface area (Å²) in [6.07, 6.45) is -0.668. The molecule has 1 atom stereocenters. The van der Waals surface area contributed by atoms with Gasteiger partial charge in [0.1, 0.15) is 10.8 Å². The number of aryl methyl sites for hydroxylation is 1. The van der Waals surface area contributed by atoms with Crippen molar-refractivity contribution in [2.75, 3.05) is 6.61 Å². The van der Waals surface area contributed by atoms with Crippen molar-refractivity contribution < 1.29 is 18.7 Å². The molecule has 5 aromatic rings. The zero-order chi connectivity index (χ0) is 33.4. The van der Waals surface area contributed by atoms with Gasteiger partial charge in [-0.25, -0.2) is 9.78 Å². The lowest BCUT2D eigenvalue weighted by atomic mass is 10.2. The first kappa shape index (κ1) is 34.6.